The molecule has 0 spiro atoms. The molecular formula is C7H7IO. The molecule has 0 fully saturated rings. The van der Waals surface area contributed by atoms with Gasteiger partial charge in [0.25, 0.3) is 0 Å². The van der Waals surface area contributed by atoms with Crippen molar-refractivity contribution in [1.29, 1.82) is 0 Å². The van der Waals surface area contributed by atoms with Gasteiger partial charge < -0.3 is 4.74 Å². The summed E-state index contributed by atoms with van der Waals surface area (Å²) in [4.78, 5) is 0. The zero-order valence-electron chi connectivity index (χ0n) is 5.10. The van der Waals surface area contributed by atoms with Gasteiger partial charge in [-0.1, -0.05) is 0 Å². The quantitative estimate of drug-likeness (QED) is 0.672. The van der Waals surface area contributed by atoms with Crippen LogP contribution in [0.4, 0.5) is 0 Å². The molecule has 1 aromatic carbocycles. The van der Waals surface area contributed by atoms with Gasteiger partial charge in [0, 0.05) is 3.57 Å². The third-order valence-electron chi connectivity index (χ3n) is 1.05. The minimum absolute atomic E-state index is 0.912. The van der Waals surface area contributed by atoms with Crippen molar-refractivity contribution in [2.75, 3.05) is 7.11 Å². The summed E-state index contributed by atoms with van der Waals surface area (Å²) in [7, 11) is 1.67. The second-order valence-corrected chi connectivity index (χ2v) is 2.90. The zero-order chi connectivity index (χ0) is 6.69. The van der Waals surface area contributed by atoms with E-state index >= 15 is 0 Å². The maximum absolute atomic E-state index is 4.97. The van der Waals surface area contributed by atoms with Crippen molar-refractivity contribution in [3.05, 3.63) is 27.8 Å². The Balaban J connectivity index is 2.88. The van der Waals surface area contributed by atoms with Crippen molar-refractivity contribution >= 4 is 22.6 Å². The van der Waals surface area contributed by atoms with E-state index in [1.807, 2.05) is 24.3 Å². The molecule has 1 aromatic rings. The van der Waals surface area contributed by atoms with Crippen LogP contribution in [0.3, 0.4) is 0 Å². The molecule has 0 bridgehead atoms. The number of halogens is 1. The Morgan fingerprint density at radius 3 is 2.22 bits per heavy atom. The van der Waals surface area contributed by atoms with Crippen molar-refractivity contribution in [1.82, 2.24) is 0 Å². The Kier molecular flexibility index (Phi) is 2.33. The molecule has 2 heteroatoms. The normalized spacial score (nSPS) is 9.11. The minimum Gasteiger partial charge on any atom is -0.497 e. The van der Waals surface area contributed by atoms with Gasteiger partial charge in [0.05, 0.1) is 7.11 Å². The van der Waals surface area contributed by atoms with E-state index in [1.54, 1.807) is 7.11 Å². The summed E-state index contributed by atoms with van der Waals surface area (Å²) < 4.78 is 6.20. The molecule has 0 aliphatic rings. The summed E-state index contributed by atoms with van der Waals surface area (Å²) in [5, 5.41) is 0. The molecule has 0 N–H and O–H groups in total. The Hall–Kier alpha value is -0.250. The van der Waals surface area contributed by atoms with Crippen LogP contribution in [-0.4, -0.2) is 7.11 Å². The van der Waals surface area contributed by atoms with E-state index in [9.17, 15) is 0 Å². The van der Waals surface area contributed by atoms with Gasteiger partial charge in [-0.2, -0.15) is 0 Å². The van der Waals surface area contributed by atoms with E-state index < -0.39 is 0 Å². The Morgan fingerprint density at radius 2 is 1.78 bits per heavy atom. The number of hydrogen-bond acceptors (Lipinski definition) is 1. The van der Waals surface area contributed by atoms with Gasteiger partial charge in [-0.15, -0.1) is 0 Å². The summed E-state index contributed by atoms with van der Waals surface area (Å²) in [6, 6.07) is 7.92. The molecule has 1 rings (SSSR count). The fourth-order valence-corrected chi connectivity index (χ4v) is 0.930. The standard InChI is InChI=1S/C7H7IO/c1-9-7-4-2-6(8)3-5-7/h2-5H,1H3/i8-4. The first kappa shape index (κ1) is 6.86. The first-order valence-corrected chi connectivity index (χ1v) is 3.70. The van der Waals surface area contributed by atoms with Crippen LogP contribution in [0.1, 0.15) is 0 Å². The predicted octanol–water partition coefficient (Wildman–Crippen LogP) is 2.30. The van der Waals surface area contributed by atoms with Crippen LogP contribution < -0.4 is 4.74 Å². The third-order valence-corrected chi connectivity index (χ3v) is 1.77. The second-order valence-electron chi connectivity index (χ2n) is 1.66. The number of ether oxygens (including phenoxy) is 1. The molecule has 0 aromatic heterocycles. The van der Waals surface area contributed by atoms with E-state index in [0.717, 1.165) is 5.75 Å². The molecule has 0 saturated carbocycles. The lowest BCUT2D eigenvalue weighted by molar-refractivity contribution is 0.414. The smallest absolute Gasteiger partial charge is 0.118 e. The van der Waals surface area contributed by atoms with Gasteiger partial charge in [-0.3, -0.25) is 0 Å². The fraction of sp³-hybridized carbons (Fsp3) is 0.143. The molecule has 1 nitrogen and oxygen atoms in total. The topological polar surface area (TPSA) is 9.23 Å². The van der Waals surface area contributed by atoms with Crippen molar-refractivity contribution in [3.8, 4) is 5.75 Å². The highest BCUT2D eigenvalue weighted by molar-refractivity contribution is 14.1. The average Bonchev–Trinajstić information content (AvgIpc) is 1.90. The summed E-state index contributed by atoms with van der Waals surface area (Å²) in [5.41, 5.74) is 0. The van der Waals surface area contributed by atoms with Crippen LogP contribution in [0.25, 0.3) is 0 Å². The summed E-state index contributed by atoms with van der Waals surface area (Å²) in [5.74, 6) is 0.912. The Bertz CT molecular complexity index is 181. The van der Waals surface area contributed by atoms with Crippen LogP contribution in [0.15, 0.2) is 24.3 Å². The second kappa shape index (κ2) is 3.06. The van der Waals surface area contributed by atoms with Crippen molar-refractivity contribution in [2.24, 2.45) is 0 Å². The SMILES string of the molecule is COc1ccc([123I])cc1. The monoisotopic (exact) mass is 230 g/mol. The number of rotatable bonds is 1. The highest BCUT2D eigenvalue weighted by Gasteiger charge is 1.86. The summed E-state index contributed by atoms with van der Waals surface area (Å²) in [6.07, 6.45) is 0. The van der Waals surface area contributed by atoms with Gasteiger partial charge in [0.1, 0.15) is 5.75 Å². The lowest BCUT2D eigenvalue weighted by Crippen LogP contribution is -1.80. The van der Waals surface area contributed by atoms with E-state index in [-0.39, 0.29) is 0 Å². The van der Waals surface area contributed by atoms with Gasteiger partial charge >= 0.3 is 0 Å². The van der Waals surface area contributed by atoms with Crippen LogP contribution in [0, 0.1) is 3.57 Å². The molecule has 0 aliphatic heterocycles. The first-order valence-electron chi connectivity index (χ1n) is 2.62. The number of hydrogen-bond donors (Lipinski definition) is 0. The minimum atomic E-state index is 0.912. The molecular weight excluding hydrogens is 223 g/mol. The van der Waals surface area contributed by atoms with Crippen LogP contribution in [-0.2, 0) is 0 Å². The summed E-state index contributed by atoms with van der Waals surface area (Å²) >= 11 is 2.26. The molecule has 48 valence electrons. The van der Waals surface area contributed by atoms with Crippen molar-refractivity contribution < 1.29 is 4.74 Å². The average molecular weight is 230 g/mol. The Morgan fingerprint density at radius 1 is 1.22 bits per heavy atom. The van der Waals surface area contributed by atoms with E-state index in [4.69, 9.17) is 4.74 Å². The maximum Gasteiger partial charge on any atom is 0.118 e. The fourth-order valence-electron chi connectivity index (χ4n) is 0.571. The van der Waals surface area contributed by atoms with Gasteiger partial charge in [0.2, 0.25) is 0 Å². The molecule has 0 unspecified atom stereocenters. The highest BCUT2D eigenvalue weighted by Crippen LogP contribution is 2.11. The predicted molar refractivity (Wildman–Crippen MR) is 45.7 cm³/mol. The van der Waals surface area contributed by atoms with Gasteiger partial charge in [0.15, 0.2) is 0 Å². The maximum atomic E-state index is 4.97. The van der Waals surface area contributed by atoms with E-state index in [2.05, 4.69) is 22.6 Å². The molecule has 0 radical (unpaired) electrons. The van der Waals surface area contributed by atoms with Crippen LogP contribution in [0.5, 0.6) is 5.75 Å². The Labute approximate surface area is 68.2 Å². The number of benzene rings is 1. The molecule has 0 heterocycles. The van der Waals surface area contributed by atoms with Crippen molar-refractivity contribution in [3.63, 3.8) is 0 Å². The van der Waals surface area contributed by atoms with Crippen LogP contribution >= 0.6 is 22.6 Å². The van der Waals surface area contributed by atoms with E-state index in [0.29, 0.717) is 0 Å². The molecule has 0 saturated heterocycles. The van der Waals surface area contributed by atoms with Crippen LogP contribution in [0.2, 0.25) is 0 Å². The lowest BCUT2D eigenvalue weighted by atomic mass is 10.3. The highest BCUT2D eigenvalue weighted by atomic mass is 123. The molecule has 0 atom stereocenters. The molecule has 9 heavy (non-hydrogen) atoms. The first-order chi connectivity index (χ1) is 4.33. The summed E-state index contributed by atoms with van der Waals surface area (Å²) in [6.45, 7) is 0. The van der Waals surface area contributed by atoms with Gasteiger partial charge in [-0.05, 0) is 46.9 Å². The van der Waals surface area contributed by atoms with Crippen molar-refractivity contribution in [2.45, 2.75) is 0 Å². The number of methoxy groups -OCH3 is 1. The molecule has 0 amide bonds. The molecule has 0 aliphatic carbocycles. The zero-order valence-corrected chi connectivity index (χ0v) is 7.25. The third kappa shape index (κ3) is 1.86. The largest absolute Gasteiger partial charge is 0.497 e. The lowest BCUT2D eigenvalue weighted by Gasteiger charge is -1.96. The van der Waals surface area contributed by atoms with Gasteiger partial charge in [-0.25, -0.2) is 0 Å². The van der Waals surface area contributed by atoms with E-state index in [1.165, 1.54) is 3.57 Å².